The SMILES string of the molecule is COc1ccccc1N1CCN(C(Cc2ccccc2)c2ccccc2)CC1. The number of piperazine rings is 1. The summed E-state index contributed by atoms with van der Waals surface area (Å²) >= 11 is 0. The quantitative estimate of drug-likeness (QED) is 0.618. The molecule has 28 heavy (non-hydrogen) atoms. The van der Waals surface area contributed by atoms with Crippen LogP contribution in [0, 0.1) is 0 Å². The van der Waals surface area contributed by atoms with Crippen molar-refractivity contribution in [1.82, 2.24) is 4.90 Å². The van der Waals surface area contributed by atoms with Crippen LogP contribution in [0.15, 0.2) is 84.9 Å². The Morgan fingerprint density at radius 1 is 0.750 bits per heavy atom. The van der Waals surface area contributed by atoms with Gasteiger partial charge in [0.1, 0.15) is 5.75 Å². The third kappa shape index (κ3) is 4.20. The van der Waals surface area contributed by atoms with Gasteiger partial charge in [0.15, 0.2) is 0 Å². The summed E-state index contributed by atoms with van der Waals surface area (Å²) in [5.74, 6) is 0.958. The van der Waals surface area contributed by atoms with Crippen molar-refractivity contribution in [3.63, 3.8) is 0 Å². The lowest BCUT2D eigenvalue weighted by molar-refractivity contribution is 0.184. The van der Waals surface area contributed by atoms with Crippen molar-refractivity contribution in [2.24, 2.45) is 0 Å². The second-order valence-corrected chi connectivity index (χ2v) is 7.31. The van der Waals surface area contributed by atoms with E-state index in [9.17, 15) is 0 Å². The molecule has 0 saturated carbocycles. The second-order valence-electron chi connectivity index (χ2n) is 7.31. The molecular formula is C25H28N2O. The summed E-state index contributed by atoms with van der Waals surface area (Å²) < 4.78 is 5.57. The van der Waals surface area contributed by atoms with Crippen molar-refractivity contribution in [3.8, 4) is 5.75 Å². The van der Waals surface area contributed by atoms with E-state index in [4.69, 9.17) is 4.74 Å². The minimum absolute atomic E-state index is 0.406. The topological polar surface area (TPSA) is 15.7 Å². The number of hydrogen-bond acceptors (Lipinski definition) is 3. The first kappa shape index (κ1) is 18.6. The number of methoxy groups -OCH3 is 1. The van der Waals surface area contributed by atoms with Gasteiger partial charge in [0.25, 0.3) is 0 Å². The zero-order valence-corrected chi connectivity index (χ0v) is 16.5. The maximum Gasteiger partial charge on any atom is 0.142 e. The summed E-state index contributed by atoms with van der Waals surface area (Å²) in [5, 5.41) is 0. The van der Waals surface area contributed by atoms with E-state index in [1.165, 1.54) is 16.8 Å². The van der Waals surface area contributed by atoms with Crippen LogP contribution >= 0.6 is 0 Å². The molecule has 0 aliphatic carbocycles. The minimum atomic E-state index is 0.406. The lowest BCUT2D eigenvalue weighted by atomic mass is 9.96. The number of anilines is 1. The molecule has 0 spiro atoms. The van der Waals surface area contributed by atoms with Gasteiger partial charge in [0.05, 0.1) is 12.8 Å². The molecule has 0 aromatic heterocycles. The fourth-order valence-electron chi connectivity index (χ4n) is 4.14. The number of ether oxygens (including phenoxy) is 1. The predicted octanol–water partition coefficient (Wildman–Crippen LogP) is 4.80. The zero-order valence-electron chi connectivity index (χ0n) is 16.5. The van der Waals surface area contributed by atoms with E-state index in [2.05, 4.69) is 82.6 Å². The largest absolute Gasteiger partial charge is 0.495 e. The Labute approximate surface area is 168 Å². The van der Waals surface area contributed by atoms with Crippen LogP contribution in [0.1, 0.15) is 17.2 Å². The molecule has 0 bridgehead atoms. The molecule has 1 saturated heterocycles. The Balaban J connectivity index is 1.51. The van der Waals surface area contributed by atoms with Gasteiger partial charge in [-0.2, -0.15) is 0 Å². The van der Waals surface area contributed by atoms with Gasteiger partial charge in [-0.05, 0) is 29.7 Å². The fraction of sp³-hybridized carbons (Fsp3) is 0.280. The Kier molecular flexibility index (Phi) is 5.93. The van der Waals surface area contributed by atoms with Gasteiger partial charge in [-0.15, -0.1) is 0 Å². The van der Waals surface area contributed by atoms with E-state index >= 15 is 0 Å². The van der Waals surface area contributed by atoms with Gasteiger partial charge < -0.3 is 9.64 Å². The lowest BCUT2D eigenvalue weighted by Gasteiger charge is -2.41. The van der Waals surface area contributed by atoms with Crippen LogP contribution in [0.5, 0.6) is 5.75 Å². The van der Waals surface area contributed by atoms with E-state index in [1.54, 1.807) is 7.11 Å². The summed E-state index contributed by atoms with van der Waals surface area (Å²) in [5.41, 5.74) is 3.99. The highest BCUT2D eigenvalue weighted by Crippen LogP contribution is 2.31. The summed E-state index contributed by atoms with van der Waals surface area (Å²) in [6.07, 6.45) is 1.04. The average molecular weight is 373 g/mol. The highest BCUT2D eigenvalue weighted by molar-refractivity contribution is 5.58. The normalized spacial score (nSPS) is 16.0. The Hall–Kier alpha value is -2.78. The average Bonchev–Trinajstić information content (AvgIpc) is 2.79. The number of hydrogen-bond donors (Lipinski definition) is 0. The van der Waals surface area contributed by atoms with Crippen molar-refractivity contribution in [3.05, 3.63) is 96.1 Å². The molecule has 0 amide bonds. The van der Waals surface area contributed by atoms with E-state index in [1.807, 2.05) is 12.1 Å². The second kappa shape index (κ2) is 8.94. The maximum atomic E-state index is 5.57. The summed E-state index contributed by atoms with van der Waals surface area (Å²) in [7, 11) is 1.75. The molecule has 3 aromatic carbocycles. The molecular weight excluding hydrogens is 344 g/mol. The third-order valence-corrected chi connectivity index (χ3v) is 5.64. The summed E-state index contributed by atoms with van der Waals surface area (Å²) in [6, 6.07) is 30.5. The number of rotatable bonds is 6. The highest BCUT2D eigenvalue weighted by atomic mass is 16.5. The van der Waals surface area contributed by atoms with Crippen LogP contribution in [0.3, 0.4) is 0 Å². The monoisotopic (exact) mass is 372 g/mol. The highest BCUT2D eigenvalue weighted by Gasteiger charge is 2.26. The van der Waals surface area contributed by atoms with Gasteiger partial charge >= 0.3 is 0 Å². The van der Waals surface area contributed by atoms with Gasteiger partial charge in [-0.25, -0.2) is 0 Å². The Morgan fingerprint density at radius 2 is 1.36 bits per heavy atom. The van der Waals surface area contributed by atoms with Crippen LogP contribution in [-0.2, 0) is 6.42 Å². The molecule has 1 fully saturated rings. The van der Waals surface area contributed by atoms with Crippen molar-refractivity contribution >= 4 is 5.69 Å². The van der Waals surface area contributed by atoms with Crippen molar-refractivity contribution in [1.29, 1.82) is 0 Å². The molecule has 1 aliphatic rings. The molecule has 0 radical (unpaired) electrons. The first-order chi connectivity index (χ1) is 13.8. The van der Waals surface area contributed by atoms with Gasteiger partial charge in [-0.3, -0.25) is 4.90 Å². The van der Waals surface area contributed by atoms with E-state index < -0.39 is 0 Å². The first-order valence-electron chi connectivity index (χ1n) is 10.1. The van der Waals surface area contributed by atoms with Crippen molar-refractivity contribution < 1.29 is 4.74 Å². The van der Waals surface area contributed by atoms with Crippen LogP contribution < -0.4 is 9.64 Å². The van der Waals surface area contributed by atoms with Gasteiger partial charge in [-0.1, -0.05) is 72.8 Å². The third-order valence-electron chi connectivity index (χ3n) is 5.64. The number of para-hydroxylation sites is 2. The number of nitrogens with zero attached hydrogens (tertiary/aromatic N) is 2. The van der Waals surface area contributed by atoms with E-state index in [0.717, 1.165) is 38.3 Å². The molecule has 1 atom stereocenters. The summed E-state index contributed by atoms with van der Waals surface area (Å²) in [4.78, 5) is 5.08. The standard InChI is InChI=1S/C25H28N2O/c1-28-25-15-9-8-14-23(25)26-16-18-27(19-17-26)24(22-12-6-3-7-13-22)20-21-10-4-2-5-11-21/h2-15,24H,16-20H2,1H3. The predicted molar refractivity (Wildman–Crippen MR) is 116 cm³/mol. The van der Waals surface area contributed by atoms with Crippen LogP contribution in [0.4, 0.5) is 5.69 Å². The Bertz CT molecular complexity index is 858. The molecule has 3 nitrogen and oxygen atoms in total. The fourth-order valence-corrected chi connectivity index (χ4v) is 4.14. The van der Waals surface area contributed by atoms with Crippen LogP contribution in [0.2, 0.25) is 0 Å². The molecule has 144 valence electrons. The number of benzene rings is 3. The molecule has 4 rings (SSSR count). The molecule has 3 heteroatoms. The molecule has 1 unspecified atom stereocenters. The van der Waals surface area contributed by atoms with E-state index in [0.29, 0.717) is 6.04 Å². The van der Waals surface area contributed by atoms with Gasteiger partial charge in [0, 0.05) is 32.2 Å². The molecule has 3 aromatic rings. The summed E-state index contributed by atoms with van der Waals surface area (Å²) in [6.45, 7) is 4.12. The zero-order chi connectivity index (χ0) is 19.2. The van der Waals surface area contributed by atoms with Crippen molar-refractivity contribution in [2.75, 3.05) is 38.2 Å². The Morgan fingerprint density at radius 3 is 2.04 bits per heavy atom. The smallest absolute Gasteiger partial charge is 0.142 e. The van der Waals surface area contributed by atoms with Gasteiger partial charge in [0.2, 0.25) is 0 Å². The molecule has 1 heterocycles. The van der Waals surface area contributed by atoms with Crippen molar-refractivity contribution in [2.45, 2.75) is 12.5 Å². The molecule has 1 aliphatic heterocycles. The van der Waals surface area contributed by atoms with Crippen LogP contribution in [-0.4, -0.2) is 38.2 Å². The maximum absolute atomic E-state index is 5.57. The first-order valence-corrected chi connectivity index (χ1v) is 10.1. The van der Waals surface area contributed by atoms with E-state index in [-0.39, 0.29) is 0 Å². The minimum Gasteiger partial charge on any atom is -0.495 e. The lowest BCUT2D eigenvalue weighted by Crippen LogP contribution is -2.48. The van der Waals surface area contributed by atoms with Crippen LogP contribution in [0.25, 0.3) is 0 Å². The molecule has 0 N–H and O–H groups in total.